The maximum Gasteiger partial charge on any atom is -0.153 e. The summed E-state index contributed by atoms with van der Waals surface area (Å²) < 4.78 is 54.8. The fourth-order valence-electron chi connectivity index (χ4n) is 11.3. The van der Waals surface area contributed by atoms with Gasteiger partial charge in [-0.3, -0.25) is 0 Å². The van der Waals surface area contributed by atoms with E-state index in [1.807, 2.05) is 12.2 Å². The zero-order valence-electron chi connectivity index (χ0n) is 54.1. The van der Waals surface area contributed by atoms with Crippen LogP contribution in [0.25, 0.3) is 0 Å². The van der Waals surface area contributed by atoms with Crippen molar-refractivity contribution >= 4 is 132 Å². The van der Waals surface area contributed by atoms with Crippen LogP contribution in [0.2, 0.25) is 71.9 Å². The molecule has 0 amide bonds. The molecule has 8 atom stereocenters. The smallest absolute Gasteiger partial charge is 0.153 e. The van der Waals surface area contributed by atoms with E-state index >= 15 is 0 Å². The molecular weight excluding hydrogens is 1510 g/mol. The maximum atomic E-state index is 10.8. The van der Waals surface area contributed by atoms with Crippen LogP contribution in [0.4, 0.5) is 0 Å². The topological polar surface area (TPSA) is 76.1 Å². The second kappa shape index (κ2) is 64.9. The molecule has 8 unspecified atom stereocenters. The summed E-state index contributed by atoms with van der Waals surface area (Å²) in [7, 11) is -4.99. The van der Waals surface area contributed by atoms with Gasteiger partial charge in [0, 0.05) is 0 Å². The Morgan fingerprint density at radius 2 is 0.759 bits per heavy atom. The Bertz CT molecular complexity index is 1480. The standard InChI is InChI=1S/C12H25OSi.C8H14N.C4H7O3S.4C4H9.C3H5O.4C3H7.4CH4.4CH3.4H3P.4Sn/c1-8-9-13-14(10(2)3,11(4)5)12(6)7;1-2-6-9-7-4-3-5-8-9;1-3-4-7-8(2,5)6;4*1-3-4-2;1-2-3-4;4*1-3-2;;;;;;;;;;;;;;;;/h1,8,10-12H,9H2,2-7H3;1-2H,3-8H2;1,3H,4H2,2H3;4*1,3-4H2,2H3;1-2,4H,3H2;4*1,3H2,2H3;4*1H4;8*1H3;;;;. The van der Waals surface area contributed by atoms with Gasteiger partial charge in [-0.05, 0) is 0 Å². The largest absolute Gasteiger partial charge is 0.153 e. The Morgan fingerprint density at radius 1 is 0.468 bits per heavy atom. The number of aliphatic hydroxyl groups is 1. The molecule has 0 saturated carbocycles. The van der Waals surface area contributed by atoms with Gasteiger partial charge in [0.1, 0.15) is 0 Å². The van der Waals surface area contributed by atoms with Gasteiger partial charge in [-0.15, -0.1) is 0 Å². The molecule has 1 aliphatic heterocycles. The van der Waals surface area contributed by atoms with E-state index in [4.69, 9.17) is 13.7 Å². The van der Waals surface area contributed by atoms with Gasteiger partial charge in [-0.25, -0.2) is 0 Å². The molecule has 1 N–H and O–H groups in total. The van der Waals surface area contributed by atoms with Gasteiger partial charge in [0.05, 0.1) is 0 Å². The van der Waals surface area contributed by atoms with E-state index < -0.39 is 91.9 Å². The zero-order chi connectivity index (χ0) is 54.9. The summed E-state index contributed by atoms with van der Waals surface area (Å²) in [6.45, 7) is 37.7. The van der Waals surface area contributed by atoms with Gasteiger partial charge in [-0.2, -0.15) is 39.6 Å². The van der Waals surface area contributed by atoms with Gasteiger partial charge in [0.15, 0.2) is 0 Å². The normalized spacial score (nSPS) is 15.7. The van der Waals surface area contributed by atoms with Crippen molar-refractivity contribution in [3.8, 4) is 0 Å². The summed E-state index contributed by atoms with van der Waals surface area (Å²) in [6.07, 6.45) is 30.3. The van der Waals surface area contributed by atoms with E-state index in [9.17, 15) is 8.42 Å². The van der Waals surface area contributed by atoms with Crippen LogP contribution in [0.15, 0.2) is 40.7 Å². The molecule has 1 fully saturated rings. The minimum absolute atomic E-state index is 0. The van der Waals surface area contributed by atoms with E-state index in [1.54, 1.807) is 8.87 Å². The molecule has 0 aromatic carbocycles. The average Bonchev–Trinajstić information content (AvgIpc) is 3.30. The minimum Gasteiger partial charge on any atom is -0.153 e. The molecule has 0 bridgehead atoms. The van der Waals surface area contributed by atoms with Gasteiger partial charge < -0.3 is 0 Å². The number of unbranched alkanes of at least 4 members (excludes halogenated alkanes) is 4. The van der Waals surface area contributed by atoms with Gasteiger partial charge >= 0.3 is 470 Å². The third kappa shape index (κ3) is 56.8. The molecule has 0 aliphatic carbocycles. The van der Waals surface area contributed by atoms with Crippen LogP contribution < -0.4 is 0 Å². The van der Waals surface area contributed by atoms with Crippen molar-refractivity contribution in [2.24, 2.45) is 0 Å². The van der Waals surface area contributed by atoms with E-state index in [1.165, 1.54) is 143 Å². The predicted molar refractivity (Wildman–Crippen MR) is 409 cm³/mol. The third-order valence-corrected chi connectivity index (χ3v) is 69.6. The molecule has 1 aliphatic rings. The molecule has 1 heterocycles. The molecular formula is C63H155NO5P4SSiSn4. The molecule has 488 valence electrons. The minimum atomic E-state index is -3.30. The monoisotopic (exact) mass is 1670 g/mol. The average molecular weight is 1670 g/mol. The molecule has 6 nitrogen and oxygen atoms in total. The Labute approximate surface area is 533 Å². The number of hydrogen-bond acceptors (Lipinski definition) is 6. The van der Waals surface area contributed by atoms with Crippen LogP contribution in [0, 0.1) is 0 Å². The number of hydrogen-bond donors (Lipinski definition) is 1. The quantitative estimate of drug-likeness (QED) is 0.0383. The number of piperidine rings is 1. The van der Waals surface area contributed by atoms with Crippen LogP contribution >= 0.6 is 39.6 Å². The summed E-state index contributed by atoms with van der Waals surface area (Å²) in [5.74, 6) is 0. The van der Waals surface area contributed by atoms with Gasteiger partial charge in [0.25, 0.3) is 0 Å². The Hall–Kier alpha value is 3.88. The summed E-state index contributed by atoms with van der Waals surface area (Å²) in [6, 6.07) is 0. The van der Waals surface area contributed by atoms with Crippen molar-refractivity contribution in [2.75, 3.05) is 45.7 Å². The second-order valence-electron chi connectivity index (χ2n) is 23.8. The van der Waals surface area contributed by atoms with E-state index in [-0.39, 0.29) is 82.5 Å². The number of nitrogens with zero attached hydrogens (tertiary/aromatic N) is 1. The van der Waals surface area contributed by atoms with Crippen molar-refractivity contribution in [2.45, 2.75) is 295 Å². The first-order valence-electron chi connectivity index (χ1n) is 29.9. The van der Waals surface area contributed by atoms with E-state index in [0.29, 0.717) is 16.6 Å². The van der Waals surface area contributed by atoms with Gasteiger partial charge in [0.2, 0.25) is 0 Å². The van der Waals surface area contributed by atoms with Gasteiger partial charge in [-0.1, -0.05) is 29.7 Å². The summed E-state index contributed by atoms with van der Waals surface area (Å²) in [5, 5.41) is 8.77. The summed E-state index contributed by atoms with van der Waals surface area (Å²) >= 11 is -7.78. The first-order valence-corrected chi connectivity index (χ1v) is 68.0. The molecule has 16 heteroatoms. The van der Waals surface area contributed by atoms with E-state index in [0.717, 1.165) is 12.9 Å². The van der Waals surface area contributed by atoms with Crippen molar-refractivity contribution in [1.82, 2.24) is 4.90 Å². The zero-order valence-corrected chi connectivity index (χ0v) is 73.0. The Balaban J connectivity index is -0.0000000852. The molecule has 1 rings (SSSR count). The Morgan fingerprint density at radius 3 is 1.03 bits per heavy atom. The van der Waals surface area contributed by atoms with Crippen LogP contribution in [0.5, 0.6) is 0 Å². The first kappa shape index (κ1) is 108. The summed E-state index contributed by atoms with van der Waals surface area (Å²) in [5.41, 5.74) is 2.05. The van der Waals surface area contributed by atoms with Crippen molar-refractivity contribution < 1.29 is 22.1 Å². The summed E-state index contributed by atoms with van der Waals surface area (Å²) in [4.78, 5) is 12.9. The molecule has 0 radical (unpaired) electrons. The molecule has 0 spiro atoms. The van der Waals surface area contributed by atoms with Crippen LogP contribution in [-0.2, 0) is 18.7 Å². The maximum absolute atomic E-state index is 10.8. The second-order valence-corrected chi connectivity index (χ2v) is 83.9. The van der Waals surface area contributed by atoms with Crippen LogP contribution in [0.3, 0.4) is 0 Å². The molecule has 0 aromatic heterocycles. The fraction of sp³-hybridized carbons (Fsp3) is 0.873. The fourth-order valence-corrected chi connectivity index (χ4v) is 57.6. The van der Waals surface area contributed by atoms with E-state index in [2.05, 4.69) is 150 Å². The van der Waals surface area contributed by atoms with Crippen LogP contribution in [0.1, 0.15) is 223 Å². The molecule has 79 heavy (non-hydrogen) atoms. The number of aliphatic hydroxyl groups excluding tert-OH is 1. The molecule has 0 aromatic rings. The van der Waals surface area contributed by atoms with Crippen LogP contribution in [-0.4, -0.2) is 146 Å². The molecule has 1 saturated heterocycles. The van der Waals surface area contributed by atoms with Crippen molar-refractivity contribution in [3.63, 3.8) is 0 Å². The first-order chi connectivity index (χ1) is 33.4. The third-order valence-electron chi connectivity index (χ3n) is 15.2. The predicted octanol–water partition coefficient (Wildman–Crippen LogP) is 21.9. The van der Waals surface area contributed by atoms with Crippen molar-refractivity contribution in [1.29, 1.82) is 0 Å². The number of likely N-dealkylation sites (tertiary alicyclic amines) is 1. The Kier molecular flexibility index (Phi) is 88.3. The number of rotatable bonds is 36. The van der Waals surface area contributed by atoms with Crippen molar-refractivity contribution in [3.05, 3.63) is 40.7 Å². The SMILES string of the molecule is C.C.C.C.CCC[CH2][Sn]([CH3])(/[CH]=C/CN1CCCCC1)[CH2]CC.CCC[CH2][Sn]([CH3])(/[CH]=C/CO)[CH2]CC.CCC[CH2][Sn]([CH3])(/[CH]=C/COS(C)(=O)=O)[CH2]CC.CCC[CH2][Sn]([CH3])(/[CH]=C/CO[Si](C(C)C)(C(C)C)C(C)C)[CH2]CC.P.P.P.P.